The number of nitrogens with zero attached hydrogens (tertiary/aromatic N) is 4. The number of amides is 2. The molecule has 0 saturated carbocycles. The molecule has 2 N–H and O–H groups in total. The van der Waals surface area contributed by atoms with E-state index in [-0.39, 0.29) is 28.5 Å². The largest absolute Gasteiger partial charge is 0.325 e. The number of aliphatic imine (C=N–C) groups is 1. The van der Waals surface area contributed by atoms with Gasteiger partial charge in [-0.15, -0.1) is 0 Å². The van der Waals surface area contributed by atoms with E-state index in [1.54, 1.807) is 49.4 Å². The van der Waals surface area contributed by atoms with Crippen LogP contribution in [-0.2, 0) is 4.79 Å². The summed E-state index contributed by atoms with van der Waals surface area (Å²) < 4.78 is 1.43. The van der Waals surface area contributed by atoms with Gasteiger partial charge in [-0.25, -0.2) is 9.67 Å². The van der Waals surface area contributed by atoms with E-state index in [2.05, 4.69) is 20.7 Å². The van der Waals surface area contributed by atoms with Crippen LogP contribution < -0.4 is 10.6 Å². The lowest BCUT2D eigenvalue weighted by atomic mass is 9.86. The van der Waals surface area contributed by atoms with Gasteiger partial charge in [0.05, 0.1) is 16.7 Å². The molecule has 0 saturated heterocycles. The number of benzene rings is 3. The second-order valence-corrected chi connectivity index (χ2v) is 9.45. The van der Waals surface area contributed by atoms with Crippen LogP contribution in [0.5, 0.6) is 0 Å². The summed E-state index contributed by atoms with van der Waals surface area (Å²) in [4.78, 5) is 43.1. The Morgan fingerprint density at radius 2 is 1.67 bits per heavy atom. The molecule has 1 aromatic heterocycles. The highest BCUT2D eigenvalue weighted by molar-refractivity contribution is 6.12. The van der Waals surface area contributed by atoms with Gasteiger partial charge in [-0.2, -0.15) is 5.10 Å². The summed E-state index contributed by atoms with van der Waals surface area (Å²) in [6, 6.07) is 20.0. The van der Waals surface area contributed by atoms with Crippen LogP contribution in [-0.4, -0.2) is 32.2 Å². The summed E-state index contributed by atoms with van der Waals surface area (Å²) in [5, 5.41) is 22.2. The Kier molecular flexibility index (Phi) is 6.76. The molecule has 10 nitrogen and oxygen atoms in total. The maximum atomic E-state index is 13.8. The number of hydrogen-bond donors (Lipinski definition) is 2. The quantitative estimate of drug-likeness (QED) is 0.251. The molecule has 0 bridgehead atoms. The highest BCUT2D eigenvalue weighted by Gasteiger charge is 2.42. The zero-order valence-electron chi connectivity index (χ0n) is 21.6. The molecule has 39 heavy (non-hydrogen) atoms. The van der Waals surface area contributed by atoms with Gasteiger partial charge in [0.2, 0.25) is 5.91 Å². The predicted octanol–water partition coefficient (Wildman–Crippen LogP) is 5.61. The molecule has 1 aliphatic rings. The molecular formula is C29H26N6O4. The third-order valence-corrected chi connectivity index (χ3v) is 6.73. The van der Waals surface area contributed by atoms with E-state index in [9.17, 15) is 19.7 Å². The molecule has 2 unspecified atom stereocenters. The molecule has 2 amide bonds. The second-order valence-electron chi connectivity index (χ2n) is 9.45. The van der Waals surface area contributed by atoms with Crippen molar-refractivity contribution in [3.05, 3.63) is 111 Å². The fourth-order valence-electron chi connectivity index (χ4n) is 4.87. The Labute approximate surface area is 224 Å². The van der Waals surface area contributed by atoms with Crippen molar-refractivity contribution < 1.29 is 14.5 Å². The Morgan fingerprint density at radius 1 is 0.949 bits per heavy atom. The van der Waals surface area contributed by atoms with Crippen LogP contribution in [0, 0.1) is 29.9 Å². The summed E-state index contributed by atoms with van der Waals surface area (Å²) in [6.45, 7) is 5.54. The van der Waals surface area contributed by atoms with Crippen molar-refractivity contribution in [1.29, 1.82) is 0 Å². The van der Waals surface area contributed by atoms with Crippen LogP contribution in [0.1, 0.15) is 40.0 Å². The fraction of sp³-hybridized carbons (Fsp3) is 0.172. The van der Waals surface area contributed by atoms with E-state index in [4.69, 9.17) is 0 Å². The Balaban J connectivity index is 1.60. The monoisotopic (exact) mass is 522 g/mol. The smallest absolute Gasteiger partial charge is 0.274 e. The van der Waals surface area contributed by atoms with Gasteiger partial charge in [0.1, 0.15) is 17.5 Å². The van der Waals surface area contributed by atoms with Gasteiger partial charge in [0.25, 0.3) is 11.6 Å². The number of nitro benzene ring substituents is 1. The van der Waals surface area contributed by atoms with Crippen molar-refractivity contribution in [2.45, 2.75) is 26.8 Å². The van der Waals surface area contributed by atoms with Crippen LogP contribution in [0.2, 0.25) is 0 Å². The zero-order valence-corrected chi connectivity index (χ0v) is 21.6. The average molecular weight is 523 g/mol. The molecule has 5 rings (SSSR count). The van der Waals surface area contributed by atoms with E-state index in [1.807, 2.05) is 38.1 Å². The summed E-state index contributed by atoms with van der Waals surface area (Å²) in [6.07, 6.45) is 1.37. The molecule has 2 atom stereocenters. The number of aromatic nitrogens is 2. The van der Waals surface area contributed by atoms with Gasteiger partial charge in [0, 0.05) is 23.2 Å². The lowest BCUT2D eigenvalue weighted by Crippen LogP contribution is -2.39. The van der Waals surface area contributed by atoms with Crippen LogP contribution in [0.4, 0.5) is 22.9 Å². The predicted molar refractivity (Wildman–Crippen MR) is 149 cm³/mol. The maximum absolute atomic E-state index is 13.8. The molecule has 0 fully saturated rings. The fourth-order valence-corrected chi connectivity index (χ4v) is 4.87. The highest BCUT2D eigenvalue weighted by Crippen LogP contribution is 2.41. The molecule has 1 aliphatic heterocycles. The number of fused-ring (bicyclic) bond motifs is 1. The summed E-state index contributed by atoms with van der Waals surface area (Å²) in [5.41, 5.74) is 3.90. The zero-order chi connectivity index (χ0) is 27.7. The van der Waals surface area contributed by atoms with Crippen molar-refractivity contribution in [3.63, 3.8) is 0 Å². The van der Waals surface area contributed by atoms with Gasteiger partial charge in [-0.05, 0) is 50.6 Å². The first-order chi connectivity index (χ1) is 18.7. The normalized spacial score (nSPS) is 16.1. The molecule has 0 aliphatic carbocycles. The van der Waals surface area contributed by atoms with Crippen molar-refractivity contribution >= 4 is 40.4 Å². The number of anilines is 2. The molecule has 4 aromatic rings. The minimum Gasteiger partial charge on any atom is -0.325 e. The van der Waals surface area contributed by atoms with Gasteiger partial charge in [-0.3, -0.25) is 19.7 Å². The Bertz CT molecular complexity index is 1630. The number of nitro groups is 1. The van der Waals surface area contributed by atoms with Crippen LogP contribution in [0.15, 0.2) is 84.0 Å². The number of rotatable bonds is 6. The number of nitrogens with one attached hydrogen (secondary N) is 2. The summed E-state index contributed by atoms with van der Waals surface area (Å²) in [5.74, 6) is -1.52. The van der Waals surface area contributed by atoms with E-state index >= 15 is 0 Å². The Hall–Kier alpha value is -5.12. The van der Waals surface area contributed by atoms with E-state index in [0.29, 0.717) is 17.1 Å². The lowest BCUT2D eigenvalue weighted by Gasteiger charge is -2.31. The third kappa shape index (κ3) is 4.91. The lowest BCUT2D eigenvalue weighted by molar-refractivity contribution is -0.385. The number of hydrogen-bond acceptors (Lipinski definition) is 6. The van der Waals surface area contributed by atoms with Gasteiger partial charge < -0.3 is 10.6 Å². The average Bonchev–Trinajstić information content (AvgIpc) is 3.33. The highest BCUT2D eigenvalue weighted by atomic mass is 16.6. The first kappa shape index (κ1) is 25.5. The number of carbonyl (C=O) groups excluding carboxylic acids is 2. The molecule has 0 radical (unpaired) electrons. The topological polar surface area (TPSA) is 132 Å². The van der Waals surface area contributed by atoms with Crippen molar-refractivity contribution in [3.8, 4) is 0 Å². The van der Waals surface area contributed by atoms with E-state index in [0.717, 1.165) is 11.1 Å². The first-order valence-electron chi connectivity index (χ1n) is 12.3. The van der Waals surface area contributed by atoms with E-state index < -0.39 is 22.8 Å². The standard InChI is InChI=1S/C29H26N6O4/c1-17-13-14-23(18(2)15-17)33-29(37)25-19(3)31-27-22(28(36)32-20-9-5-4-6-10-20)16-30-34(27)26(25)21-11-7-8-12-24(21)35(38)39/h4-16,25-26H,1-3H3,(H,32,36)(H,33,37). The summed E-state index contributed by atoms with van der Waals surface area (Å²) >= 11 is 0. The Morgan fingerprint density at radius 3 is 2.38 bits per heavy atom. The molecular weight excluding hydrogens is 496 g/mol. The van der Waals surface area contributed by atoms with Crippen molar-refractivity contribution in [2.75, 3.05) is 10.6 Å². The summed E-state index contributed by atoms with van der Waals surface area (Å²) in [7, 11) is 0. The van der Waals surface area contributed by atoms with Crippen LogP contribution in [0.3, 0.4) is 0 Å². The second kappa shape index (κ2) is 10.3. The van der Waals surface area contributed by atoms with Crippen molar-refractivity contribution in [1.82, 2.24) is 9.78 Å². The van der Waals surface area contributed by atoms with Gasteiger partial charge in [-0.1, -0.05) is 48.0 Å². The van der Waals surface area contributed by atoms with Gasteiger partial charge in [0.15, 0.2) is 5.82 Å². The third-order valence-electron chi connectivity index (χ3n) is 6.73. The molecule has 0 spiro atoms. The van der Waals surface area contributed by atoms with Crippen molar-refractivity contribution in [2.24, 2.45) is 10.9 Å². The van der Waals surface area contributed by atoms with E-state index in [1.165, 1.54) is 16.9 Å². The first-order valence-corrected chi connectivity index (χ1v) is 12.3. The molecule has 196 valence electrons. The van der Waals surface area contributed by atoms with Crippen LogP contribution in [0.25, 0.3) is 0 Å². The minimum absolute atomic E-state index is 0.154. The minimum atomic E-state index is -0.927. The SMILES string of the molecule is CC1=Nc2c(C(=O)Nc3ccccc3)cnn2C(c2ccccc2[N+](=O)[O-])C1C(=O)Nc1ccc(C)cc1C. The maximum Gasteiger partial charge on any atom is 0.274 e. The molecule has 2 heterocycles. The van der Waals surface area contributed by atoms with Crippen LogP contribution >= 0.6 is 0 Å². The number of para-hydroxylation sites is 2. The molecule has 10 heteroatoms. The van der Waals surface area contributed by atoms with Gasteiger partial charge >= 0.3 is 0 Å². The number of aryl methyl sites for hydroxylation is 2. The number of carbonyl (C=O) groups is 2. The molecule has 3 aromatic carbocycles.